The van der Waals surface area contributed by atoms with Crippen LogP contribution in [0.5, 0.6) is 5.75 Å². The molecule has 29 heavy (non-hydrogen) atoms. The van der Waals surface area contributed by atoms with Gasteiger partial charge in [0.15, 0.2) is 11.6 Å². The molecule has 1 aliphatic heterocycles. The number of hydrogen-bond donors (Lipinski definition) is 1. The predicted molar refractivity (Wildman–Crippen MR) is 105 cm³/mol. The third kappa shape index (κ3) is 5.10. The Balaban J connectivity index is 1.60. The number of nitrogens with zero attached hydrogens (tertiary/aromatic N) is 1. The van der Waals surface area contributed by atoms with E-state index < -0.39 is 11.6 Å². The van der Waals surface area contributed by atoms with Gasteiger partial charge in [-0.15, -0.1) is 0 Å². The van der Waals surface area contributed by atoms with Gasteiger partial charge in [-0.25, -0.2) is 8.78 Å². The molecule has 2 aromatic rings. The lowest BCUT2D eigenvalue weighted by Crippen LogP contribution is -2.39. The largest absolute Gasteiger partial charge is 0.491 e. The smallest absolute Gasteiger partial charge is 0.254 e. The van der Waals surface area contributed by atoms with Crippen molar-refractivity contribution < 1.29 is 23.1 Å². The van der Waals surface area contributed by atoms with Gasteiger partial charge >= 0.3 is 0 Å². The maximum Gasteiger partial charge on any atom is 0.254 e. The second-order valence-electron chi connectivity index (χ2n) is 7.39. The number of carbonyl (C=O) groups excluding carboxylic acids is 2. The Morgan fingerprint density at radius 3 is 2.45 bits per heavy atom. The van der Waals surface area contributed by atoms with E-state index in [9.17, 15) is 18.4 Å². The van der Waals surface area contributed by atoms with Gasteiger partial charge in [0.2, 0.25) is 0 Å². The number of likely N-dealkylation sites (tertiary alicyclic amines) is 1. The molecule has 3 rings (SSSR count). The van der Waals surface area contributed by atoms with Gasteiger partial charge < -0.3 is 15.0 Å². The van der Waals surface area contributed by atoms with Gasteiger partial charge in [-0.2, -0.15) is 0 Å². The second-order valence-corrected chi connectivity index (χ2v) is 7.39. The maximum absolute atomic E-state index is 13.5. The van der Waals surface area contributed by atoms with Crippen LogP contribution in [-0.4, -0.2) is 41.9 Å². The van der Waals surface area contributed by atoms with Crippen molar-refractivity contribution in [3.05, 3.63) is 65.2 Å². The summed E-state index contributed by atoms with van der Waals surface area (Å²) in [5.74, 6) is -1.91. The SMILES string of the molecule is CC(C)NC(=O)c1ccc(OC[C@@H]2CCCN2C(=O)c2ccc(F)c(F)c2)cc1. The zero-order valence-corrected chi connectivity index (χ0v) is 16.5. The molecule has 0 spiro atoms. The summed E-state index contributed by atoms with van der Waals surface area (Å²) in [7, 11) is 0. The van der Waals surface area contributed by atoms with Crippen molar-refractivity contribution in [3.63, 3.8) is 0 Å². The predicted octanol–water partition coefficient (Wildman–Crippen LogP) is 3.79. The minimum Gasteiger partial charge on any atom is -0.491 e. The summed E-state index contributed by atoms with van der Waals surface area (Å²) in [4.78, 5) is 26.3. The summed E-state index contributed by atoms with van der Waals surface area (Å²) in [6.07, 6.45) is 1.59. The van der Waals surface area contributed by atoms with Crippen LogP contribution in [0.25, 0.3) is 0 Å². The standard InChI is InChI=1S/C22H24F2N2O3/c1-14(2)25-21(27)15-5-8-18(9-6-15)29-13-17-4-3-11-26(17)22(28)16-7-10-19(23)20(24)12-16/h5-10,12,14,17H,3-4,11,13H2,1-2H3,(H,25,27)/t17-/m0/s1. The average molecular weight is 402 g/mol. The van der Waals surface area contributed by atoms with E-state index in [0.29, 0.717) is 17.9 Å². The van der Waals surface area contributed by atoms with Crippen molar-refractivity contribution >= 4 is 11.8 Å². The molecule has 1 N–H and O–H groups in total. The van der Waals surface area contributed by atoms with Gasteiger partial charge in [0, 0.05) is 23.7 Å². The zero-order valence-electron chi connectivity index (χ0n) is 16.5. The Morgan fingerprint density at radius 1 is 1.10 bits per heavy atom. The minimum absolute atomic E-state index is 0.0545. The average Bonchev–Trinajstić information content (AvgIpc) is 3.16. The number of halogens is 2. The van der Waals surface area contributed by atoms with Gasteiger partial charge in [0.25, 0.3) is 11.8 Å². The first-order valence-corrected chi connectivity index (χ1v) is 9.65. The van der Waals surface area contributed by atoms with E-state index >= 15 is 0 Å². The van der Waals surface area contributed by atoms with Crippen molar-refractivity contribution in [2.45, 2.75) is 38.8 Å². The summed E-state index contributed by atoms with van der Waals surface area (Å²) in [6, 6.07) is 9.88. The van der Waals surface area contributed by atoms with Crippen LogP contribution in [-0.2, 0) is 0 Å². The topological polar surface area (TPSA) is 58.6 Å². The normalized spacial score (nSPS) is 16.2. The summed E-state index contributed by atoms with van der Waals surface area (Å²) >= 11 is 0. The van der Waals surface area contributed by atoms with Crippen molar-refractivity contribution in [2.24, 2.45) is 0 Å². The van der Waals surface area contributed by atoms with Crippen LogP contribution in [0.15, 0.2) is 42.5 Å². The number of ether oxygens (including phenoxy) is 1. The van der Waals surface area contributed by atoms with Crippen LogP contribution in [0.1, 0.15) is 47.4 Å². The van der Waals surface area contributed by atoms with E-state index in [2.05, 4.69) is 5.32 Å². The van der Waals surface area contributed by atoms with Crippen LogP contribution >= 0.6 is 0 Å². The van der Waals surface area contributed by atoms with Crippen LogP contribution in [0.4, 0.5) is 8.78 Å². The summed E-state index contributed by atoms with van der Waals surface area (Å²) < 4.78 is 32.4. The maximum atomic E-state index is 13.5. The van der Waals surface area contributed by atoms with Gasteiger partial charge in [-0.1, -0.05) is 0 Å². The molecule has 7 heteroatoms. The molecule has 0 aliphatic carbocycles. The summed E-state index contributed by atoms with van der Waals surface area (Å²) in [6.45, 7) is 4.61. The minimum atomic E-state index is -1.04. The first-order valence-electron chi connectivity index (χ1n) is 9.65. The molecule has 154 valence electrons. The fourth-order valence-corrected chi connectivity index (χ4v) is 3.31. The fraction of sp³-hybridized carbons (Fsp3) is 0.364. The third-order valence-corrected chi connectivity index (χ3v) is 4.78. The molecule has 1 saturated heterocycles. The van der Waals surface area contributed by atoms with Crippen molar-refractivity contribution in [1.29, 1.82) is 0 Å². The molecule has 0 aromatic heterocycles. The van der Waals surface area contributed by atoms with E-state index in [4.69, 9.17) is 4.74 Å². The Morgan fingerprint density at radius 2 is 1.79 bits per heavy atom. The van der Waals surface area contributed by atoms with Crippen LogP contribution < -0.4 is 10.1 Å². The highest BCUT2D eigenvalue weighted by Crippen LogP contribution is 2.22. The molecule has 5 nitrogen and oxygen atoms in total. The molecular weight excluding hydrogens is 378 g/mol. The van der Waals surface area contributed by atoms with Crippen LogP contribution in [0.3, 0.4) is 0 Å². The first-order chi connectivity index (χ1) is 13.8. The lowest BCUT2D eigenvalue weighted by Gasteiger charge is -2.25. The number of carbonyl (C=O) groups is 2. The van der Waals surface area contributed by atoms with Crippen molar-refractivity contribution in [3.8, 4) is 5.75 Å². The molecular formula is C22H24F2N2O3. The lowest BCUT2D eigenvalue weighted by molar-refractivity contribution is 0.0690. The highest BCUT2D eigenvalue weighted by atomic mass is 19.2. The summed E-state index contributed by atoms with van der Waals surface area (Å²) in [5, 5.41) is 2.82. The van der Waals surface area contributed by atoms with E-state index in [1.807, 2.05) is 13.8 Å². The first kappa shape index (κ1) is 20.8. The molecule has 1 atom stereocenters. The highest BCUT2D eigenvalue weighted by Gasteiger charge is 2.30. The van der Waals surface area contributed by atoms with Crippen LogP contribution in [0, 0.1) is 11.6 Å². The molecule has 1 heterocycles. The number of amides is 2. The monoisotopic (exact) mass is 402 g/mol. The summed E-state index contributed by atoms with van der Waals surface area (Å²) in [5.41, 5.74) is 0.665. The Bertz CT molecular complexity index is 884. The van der Waals surface area contributed by atoms with Gasteiger partial charge in [-0.05, 0) is 69.2 Å². The third-order valence-electron chi connectivity index (χ3n) is 4.78. The molecule has 2 amide bonds. The van der Waals surface area contributed by atoms with Gasteiger partial charge in [-0.3, -0.25) is 9.59 Å². The highest BCUT2D eigenvalue weighted by molar-refractivity contribution is 5.95. The molecule has 1 fully saturated rings. The van der Waals surface area contributed by atoms with E-state index in [-0.39, 0.29) is 36.1 Å². The quantitative estimate of drug-likeness (QED) is 0.800. The van der Waals surface area contributed by atoms with Crippen molar-refractivity contribution in [2.75, 3.05) is 13.2 Å². The Kier molecular flexibility index (Phi) is 6.46. The van der Waals surface area contributed by atoms with Gasteiger partial charge in [0.05, 0.1) is 6.04 Å². The molecule has 0 saturated carbocycles. The fourth-order valence-electron chi connectivity index (χ4n) is 3.31. The molecule has 2 aromatic carbocycles. The lowest BCUT2D eigenvalue weighted by atomic mass is 10.1. The number of rotatable bonds is 6. The van der Waals surface area contributed by atoms with Gasteiger partial charge in [0.1, 0.15) is 12.4 Å². The number of nitrogens with one attached hydrogen (secondary N) is 1. The molecule has 1 aliphatic rings. The Labute approximate surface area is 168 Å². The van der Waals surface area contributed by atoms with E-state index in [1.165, 1.54) is 6.07 Å². The number of hydrogen-bond acceptors (Lipinski definition) is 3. The Hall–Kier alpha value is -2.96. The molecule has 0 bridgehead atoms. The zero-order chi connectivity index (χ0) is 21.0. The van der Waals surface area contributed by atoms with Crippen LogP contribution in [0.2, 0.25) is 0 Å². The van der Waals surface area contributed by atoms with E-state index in [1.54, 1.807) is 29.2 Å². The van der Waals surface area contributed by atoms with Crippen molar-refractivity contribution in [1.82, 2.24) is 10.2 Å². The molecule has 0 radical (unpaired) electrons. The molecule has 0 unspecified atom stereocenters. The van der Waals surface area contributed by atoms with E-state index in [0.717, 1.165) is 25.0 Å². The second kappa shape index (κ2) is 9.03. The number of benzene rings is 2.